The van der Waals surface area contributed by atoms with E-state index < -0.39 is 11.6 Å². The molecule has 0 aromatic heterocycles. The van der Waals surface area contributed by atoms with Crippen molar-refractivity contribution in [2.45, 2.75) is 33.6 Å². The summed E-state index contributed by atoms with van der Waals surface area (Å²) in [4.78, 5) is 11.9. The van der Waals surface area contributed by atoms with Crippen molar-refractivity contribution in [3.05, 3.63) is 53.6 Å². The van der Waals surface area contributed by atoms with Gasteiger partial charge in [-0.3, -0.25) is 4.79 Å². The fourth-order valence-electron chi connectivity index (χ4n) is 2.01. The van der Waals surface area contributed by atoms with E-state index in [0.717, 1.165) is 12.1 Å². The number of rotatable bonds is 4. The molecule has 0 saturated heterocycles. The molecule has 0 radical (unpaired) electrons. The van der Waals surface area contributed by atoms with E-state index in [4.69, 9.17) is 0 Å². The number of phenolic OH excluding ortho intramolecular Hbond substituents is 1. The van der Waals surface area contributed by atoms with Crippen molar-refractivity contribution in [1.29, 1.82) is 0 Å². The van der Waals surface area contributed by atoms with Crippen LogP contribution in [0.4, 0.5) is 8.78 Å². The van der Waals surface area contributed by atoms with Crippen molar-refractivity contribution >= 4 is 5.78 Å². The van der Waals surface area contributed by atoms with Crippen molar-refractivity contribution in [2.75, 3.05) is 0 Å². The highest BCUT2D eigenvalue weighted by atomic mass is 19.1. The van der Waals surface area contributed by atoms with Crippen LogP contribution in [-0.2, 0) is 0 Å². The summed E-state index contributed by atoms with van der Waals surface area (Å²) >= 11 is 0. The summed E-state index contributed by atoms with van der Waals surface area (Å²) in [6.45, 7) is 5.86. The smallest absolute Gasteiger partial charge is 0.166 e. The van der Waals surface area contributed by atoms with E-state index >= 15 is 0 Å². The van der Waals surface area contributed by atoms with E-state index in [1.54, 1.807) is 0 Å². The molecule has 0 saturated carbocycles. The van der Waals surface area contributed by atoms with Gasteiger partial charge < -0.3 is 5.11 Å². The molecule has 0 unspecified atom stereocenters. The van der Waals surface area contributed by atoms with Crippen LogP contribution in [0, 0.1) is 11.6 Å². The fraction of sp³-hybridized carbons (Fsp3) is 0.278. The van der Waals surface area contributed by atoms with Crippen LogP contribution in [0.5, 0.6) is 5.75 Å². The zero-order valence-electron chi connectivity index (χ0n) is 13.0. The molecule has 2 rings (SSSR count). The molecule has 2 nitrogen and oxygen atoms in total. The van der Waals surface area contributed by atoms with E-state index in [9.17, 15) is 18.7 Å². The largest absolute Gasteiger partial charge is 0.507 e. The molecule has 2 aromatic rings. The van der Waals surface area contributed by atoms with E-state index in [-0.39, 0.29) is 22.7 Å². The number of ketones is 1. The first-order valence-corrected chi connectivity index (χ1v) is 7.34. The Balaban J connectivity index is 0.00000116. The Kier molecular flexibility index (Phi) is 6.70. The Bertz CT molecular complexity index is 652. The molecule has 22 heavy (non-hydrogen) atoms. The lowest BCUT2D eigenvalue weighted by molar-refractivity contribution is 0.0979. The highest BCUT2D eigenvalue weighted by molar-refractivity contribution is 5.99. The molecule has 0 fully saturated rings. The second kappa shape index (κ2) is 8.27. The summed E-state index contributed by atoms with van der Waals surface area (Å²) in [5.74, 6) is -1.69. The number of halogens is 2. The van der Waals surface area contributed by atoms with Crippen molar-refractivity contribution in [3.63, 3.8) is 0 Å². The third-order valence-electron chi connectivity index (χ3n) is 3.02. The molecular weight excluding hydrogens is 286 g/mol. The molecule has 0 aliphatic heterocycles. The number of aromatic hydroxyl groups is 1. The second-order valence-corrected chi connectivity index (χ2v) is 4.53. The standard InChI is InChI=1S/C16H14F2O2.C2H6/c1-2-3-15(19)13-8-10(4-7-16(13)20)12-6-5-11(17)9-14(12)18;1-2/h4-9,20H,2-3H2,1H3;1-2H3. The van der Waals surface area contributed by atoms with Gasteiger partial charge >= 0.3 is 0 Å². The van der Waals surface area contributed by atoms with Crippen molar-refractivity contribution in [2.24, 2.45) is 0 Å². The summed E-state index contributed by atoms with van der Waals surface area (Å²) in [7, 11) is 0. The van der Waals surface area contributed by atoms with Crippen molar-refractivity contribution in [3.8, 4) is 16.9 Å². The average molecular weight is 306 g/mol. The minimum absolute atomic E-state index is 0.130. The van der Waals surface area contributed by atoms with E-state index in [1.165, 1.54) is 24.3 Å². The molecule has 0 spiro atoms. The predicted molar refractivity (Wildman–Crippen MR) is 84.0 cm³/mol. The molecular formula is C18H20F2O2. The molecule has 2 aromatic carbocycles. The van der Waals surface area contributed by atoms with Crippen LogP contribution >= 0.6 is 0 Å². The monoisotopic (exact) mass is 306 g/mol. The van der Waals surface area contributed by atoms with Gasteiger partial charge in [0, 0.05) is 18.1 Å². The highest BCUT2D eigenvalue weighted by Crippen LogP contribution is 2.29. The number of hydrogen-bond acceptors (Lipinski definition) is 2. The van der Waals surface area contributed by atoms with Gasteiger partial charge in [0.2, 0.25) is 0 Å². The van der Waals surface area contributed by atoms with Gasteiger partial charge in [-0.1, -0.05) is 26.8 Å². The zero-order valence-corrected chi connectivity index (χ0v) is 13.0. The molecule has 0 heterocycles. The second-order valence-electron chi connectivity index (χ2n) is 4.53. The van der Waals surface area contributed by atoms with Crippen LogP contribution in [0.15, 0.2) is 36.4 Å². The van der Waals surface area contributed by atoms with Gasteiger partial charge in [0.25, 0.3) is 0 Å². The predicted octanol–water partition coefficient (Wildman–Crippen LogP) is 5.35. The number of Topliss-reactive ketones (excluding diaryl/α,β-unsaturated/α-hetero) is 1. The molecule has 4 heteroatoms. The average Bonchev–Trinajstić information content (AvgIpc) is 2.50. The number of benzene rings is 2. The Hall–Kier alpha value is -2.23. The molecule has 0 atom stereocenters. The fourth-order valence-corrected chi connectivity index (χ4v) is 2.01. The molecule has 0 aliphatic carbocycles. The first kappa shape index (κ1) is 17.8. The van der Waals surface area contributed by atoms with Crippen LogP contribution in [0.25, 0.3) is 11.1 Å². The van der Waals surface area contributed by atoms with Crippen molar-refractivity contribution < 1.29 is 18.7 Å². The molecule has 118 valence electrons. The third-order valence-corrected chi connectivity index (χ3v) is 3.02. The Morgan fingerprint density at radius 2 is 1.77 bits per heavy atom. The Morgan fingerprint density at radius 1 is 1.09 bits per heavy atom. The maximum atomic E-state index is 13.7. The zero-order chi connectivity index (χ0) is 16.7. The molecule has 1 N–H and O–H groups in total. The molecule has 0 aliphatic rings. The van der Waals surface area contributed by atoms with Crippen LogP contribution in [0.2, 0.25) is 0 Å². The molecule has 0 amide bonds. The van der Waals surface area contributed by atoms with Crippen LogP contribution in [0.1, 0.15) is 44.0 Å². The summed E-state index contributed by atoms with van der Waals surface area (Å²) in [5.41, 5.74) is 0.782. The highest BCUT2D eigenvalue weighted by Gasteiger charge is 2.13. The summed E-state index contributed by atoms with van der Waals surface area (Å²) < 4.78 is 26.6. The quantitative estimate of drug-likeness (QED) is 0.773. The lowest BCUT2D eigenvalue weighted by atomic mass is 9.98. The van der Waals surface area contributed by atoms with Gasteiger partial charge in [-0.25, -0.2) is 8.78 Å². The number of hydrogen-bond donors (Lipinski definition) is 1. The minimum atomic E-state index is -0.704. The van der Waals surface area contributed by atoms with Gasteiger partial charge in [-0.05, 0) is 36.2 Å². The van der Waals surface area contributed by atoms with Gasteiger partial charge in [0.15, 0.2) is 5.78 Å². The maximum Gasteiger partial charge on any atom is 0.166 e. The van der Waals surface area contributed by atoms with Gasteiger partial charge in [-0.2, -0.15) is 0 Å². The van der Waals surface area contributed by atoms with Crippen molar-refractivity contribution in [1.82, 2.24) is 0 Å². The number of phenols is 1. The minimum Gasteiger partial charge on any atom is -0.507 e. The summed E-state index contributed by atoms with van der Waals surface area (Å²) in [6, 6.07) is 7.53. The Morgan fingerprint density at radius 3 is 2.36 bits per heavy atom. The van der Waals surface area contributed by atoms with Gasteiger partial charge in [0.05, 0.1) is 5.56 Å². The third kappa shape index (κ3) is 4.13. The lowest BCUT2D eigenvalue weighted by Crippen LogP contribution is -1.99. The topological polar surface area (TPSA) is 37.3 Å². The van der Waals surface area contributed by atoms with Gasteiger partial charge in [0.1, 0.15) is 17.4 Å². The summed E-state index contributed by atoms with van der Waals surface area (Å²) in [5, 5.41) is 9.72. The van der Waals surface area contributed by atoms with E-state index in [0.29, 0.717) is 18.4 Å². The van der Waals surface area contributed by atoms with E-state index in [1.807, 2.05) is 20.8 Å². The normalized spacial score (nSPS) is 9.86. The van der Waals surface area contributed by atoms with E-state index in [2.05, 4.69) is 0 Å². The number of carbonyl (C=O) groups is 1. The summed E-state index contributed by atoms with van der Waals surface area (Å²) in [6.07, 6.45) is 0.969. The first-order chi connectivity index (χ1) is 10.5. The molecule has 0 bridgehead atoms. The first-order valence-electron chi connectivity index (χ1n) is 7.34. The maximum absolute atomic E-state index is 13.7. The van der Waals surface area contributed by atoms with Gasteiger partial charge in [-0.15, -0.1) is 0 Å². The number of carbonyl (C=O) groups excluding carboxylic acids is 1. The SMILES string of the molecule is CC.CCCC(=O)c1cc(-c2ccc(F)cc2F)ccc1O. The Labute approximate surface area is 129 Å². The lowest BCUT2D eigenvalue weighted by Gasteiger charge is -2.08. The van der Waals surface area contributed by atoms with Crippen LogP contribution < -0.4 is 0 Å². The van der Waals surface area contributed by atoms with Crippen LogP contribution in [-0.4, -0.2) is 10.9 Å². The van der Waals surface area contributed by atoms with Crippen LogP contribution in [0.3, 0.4) is 0 Å².